The summed E-state index contributed by atoms with van der Waals surface area (Å²) in [5.41, 5.74) is 0.600. The standard InChI is InChI=1S/C19H18FNO4/c20-14-3-1-12(2-4-14)18(24)13-7-9-21(10-8-13)19(25)16-6-5-15(22)11-17(16)23/h1-6,11,13,22-23H,7-10H2. The molecule has 1 heterocycles. The molecular formula is C19H18FNO4. The van der Waals surface area contributed by atoms with Crippen LogP contribution in [0.25, 0.3) is 0 Å². The molecule has 6 heteroatoms. The normalized spacial score (nSPS) is 15.2. The van der Waals surface area contributed by atoms with Gasteiger partial charge in [0.1, 0.15) is 17.3 Å². The number of aromatic hydroxyl groups is 2. The Balaban J connectivity index is 1.64. The fourth-order valence-electron chi connectivity index (χ4n) is 3.07. The number of phenolic OH excluding ortho intramolecular Hbond substituents is 2. The van der Waals surface area contributed by atoms with Crippen molar-refractivity contribution in [3.8, 4) is 11.5 Å². The Hall–Kier alpha value is -2.89. The minimum atomic E-state index is -0.384. The van der Waals surface area contributed by atoms with Crippen molar-refractivity contribution in [3.63, 3.8) is 0 Å². The van der Waals surface area contributed by atoms with E-state index < -0.39 is 0 Å². The first-order chi connectivity index (χ1) is 12.0. The molecular weight excluding hydrogens is 325 g/mol. The summed E-state index contributed by atoms with van der Waals surface area (Å²) in [6.45, 7) is 0.799. The van der Waals surface area contributed by atoms with Gasteiger partial charge in [-0.2, -0.15) is 0 Å². The number of Topliss-reactive ketones (excluding diaryl/α,β-unsaturated/α-hetero) is 1. The molecule has 0 saturated carbocycles. The number of ketones is 1. The number of carbonyl (C=O) groups excluding carboxylic acids is 2. The van der Waals surface area contributed by atoms with E-state index in [0.717, 1.165) is 6.07 Å². The van der Waals surface area contributed by atoms with Gasteiger partial charge in [0, 0.05) is 30.6 Å². The number of nitrogens with zero attached hydrogens (tertiary/aromatic N) is 1. The van der Waals surface area contributed by atoms with Crippen molar-refractivity contribution in [3.05, 3.63) is 59.4 Å². The minimum Gasteiger partial charge on any atom is -0.508 e. The number of halogens is 1. The summed E-state index contributed by atoms with van der Waals surface area (Å²) in [6.07, 6.45) is 1.03. The topological polar surface area (TPSA) is 77.8 Å². The second kappa shape index (κ2) is 6.93. The molecule has 0 radical (unpaired) electrons. The van der Waals surface area contributed by atoms with Crippen molar-refractivity contribution in [2.75, 3.05) is 13.1 Å². The summed E-state index contributed by atoms with van der Waals surface area (Å²) < 4.78 is 13.0. The van der Waals surface area contributed by atoms with Crippen molar-refractivity contribution >= 4 is 11.7 Å². The number of phenols is 2. The van der Waals surface area contributed by atoms with Crippen LogP contribution in [0, 0.1) is 11.7 Å². The Labute approximate surface area is 144 Å². The lowest BCUT2D eigenvalue weighted by Gasteiger charge is -2.31. The molecule has 1 aliphatic rings. The Morgan fingerprint density at radius 1 is 1.00 bits per heavy atom. The van der Waals surface area contributed by atoms with E-state index >= 15 is 0 Å². The van der Waals surface area contributed by atoms with Crippen molar-refractivity contribution in [2.24, 2.45) is 5.92 Å². The van der Waals surface area contributed by atoms with Crippen molar-refractivity contribution in [1.82, 2.24) is 4.90 Å². The molecule has 1 aliphatic heterocycles. The second-order valence-electron chi connectivity index (χ2n) is 6.14. The zero-order chi connectivity index (χ0) is 18.0. The highest BCUT2D eigenvalue weighted by Gasteiger charge is 2.29. The monoisotopic (exact) mass is 343 g/mol. The number of likely N-dealkylation sites (tertiary alicyclic amines) is 1. The average Bonchev–Trinajstić information content (AvgIpc) is 2.61. The molecule has 3 rings (SSSR count). The summed E-state index contributed by atoms with van der Waals surface area (Å²) in [5.74, 6) is -1.34. The third-order valence-electron chi connectivity index (χ3n) is 4.49. The molecule has 0 unspecified atom stereocenters. The maximum absolute atomic E-state index is 13.0. The molecule has 0 atom stereocenters. The Kier molecular flexibility index (Phi) is 4.70. The number of rotatable bonds is 3. The van der Waals surface area contributed by atoms with E-state index in [1.165, 1.54) is 36.4 Å². The predicted molar refractivity (Wildman–Crippen MR) is 89.1 cm³/mol. The SMILES string of the molecule is O=C(c1ccc(F)cc1)C1CCN(C(=O)c2ccc(O)cc2O)CC1. The Bertz CT molecular complexity index is 796. The van der Waals surface area contributed by atoms with E-state index in [0.29, 0.717) is 31.5 Å². The van der Waals surface area contributed by atoms with Crippen LogP contribution in [0.2, 0.25) is 0 Å². The van der Waals surface area contributed by atoms with Gasteiger partial charge in [-0.25, -0.2) is 4.39 Å². The summed E-state index contributed by atoms with van der Waals surface area (Å²) in [7, 11) is 0. The van der Waals surface area contributed by atoms with Crippen LogP contribution in [0.15, 0.2) is 42.5 Å². The maximum Gasteiger partial charge on any atom is 0.257 e. The number of piperidine rings is 1. The Morgan fingerprint density at radius 2 is 1.64 bits per heavy atom. The number of hydrogen-bond acceptors (Lipinski definition) is 4. The van der Waals surface area contributed by atoms with Crippen molar-refractivity contribution in [2.45, 2.75) is 12.8 Å². The molecule has 1 amide bonds. The first-order valence-corrected chi connectivity index (χ1v) is 8.07. The highest BCUT2D eigenvalue weighted by atomic mass is 19.1. The smallest absolute Gasteiger partial charge is 0.257 e. The molecule has 2 aromatic rings. The van der Waals surface area contributed by atoms with Crippen LogP contribution in [0.3, 0.4) is 0 Å². The summed E-state index contributed by atoms with van der Waals surface area (Å²) >= 11 is 0. The number of carbonyl (C=O) groups is 2. The third kappa shape index (κ3) is 3.63. The molecule has 25 heavy (non-hydrogen) atoms. The van der Waals surface area contributed by atoms with Crippen molar-refractivity contribution < 1.29 is 24.2 Å². The minimum absolute atomic E-state index is 0.0421. The molecule has 2 N–H and O–H groups in total. The van der Waals surface area contributed by atoms with Gasteiger partial charge < -0.3 is 15.1 Å². The second-order valence-corrected chi connectivity index (χ2v) is 6.14. The zero-order valence-electron chi connectivity index (χ0n) is 13.5. The van der Waals surface area contributed by atoms with Gasteiger partial charge in [0.25, 0.3) is 5.91 Å². The molecule has 130 valence electrons. The molecule has 0 aliphatic carbocycles. The lowest BCUT2D eigenvalue weighted by Crippen LogP contribution is -2.40. The predicted octanol–water partition coefficient (Wildman–Crippen LogP) is 2.97. The van der Waals surface area contributed by atoms with Gasteiger partial charge in [-0.1, -0.05) is 0 Å². The van der Waals surface area contributed by atoms with Crippen molar-refractivity contribution in [1.29, 1.82) is 0 Å². The van der Waals surface area contributed by atoms with E-state index in [9.17, 15) is 24.2 Å². The van der Waals surface area contributed by atoms with E-state index in [1.54, 1.807) is 4.90 Å². The summed E-state index contributed by atoms with van der Waals surface area (Å²) in [5, 5.41) is 19.1. The lowest BCUT2D eigenvalue weighted by atomic mass is 9.88. The summed E-state index contributed by atoms with van der Waals surface area (Å²) in [4.78, 5) is 26.5. The van der Waals surface area contributed by atoms with Gasteiger partial charge in [-0.15, -0.1) is 0 Å². The molecule has 1 saturated heterocycles. The molecule has 5 nitrogen and oxygen atoms in total. The molecule has 0 bridgehead atoms. The molecule has 0 spiro atoms. The maximum atomic E-state index is 13.0. The number of benzene rings is 2. The average molecular weight is 343 g/mol. The quantitative estimate of drug-likeness (QED) is 0.840. The van der Waals surface area contributed by atoms with Crippen LogP contribution in [-0.2, 0) is 0 Å². The first-order valence-electron chi connectivity index (χ1n) is 8.07. The summed E-state index contributed by atoms with van der Waals surface area (Å²) in [6, 6.07) is 9.32. The van der Waals surface area contributed by atoms with Gasteiger partial charge >= 0.3 is 0 Å². The highest BCUT2D eigenvalue weighted by molar-refractivity contribution is 5.99. The third-order valence-corrected chi connectivity index (χ3v) is 4.49. The largest absolute Gasteiger partial charge is 0.508 e. The van der Waals surface area contributed by atoms with Gasteiger partial charge in [0.2, 0.25) is 0 Å². The molecule has 0 aromatic heterocycles. The van der Waals surface area contributed by atoms with Gasteiger partial charge in [-0.05, 0) is 49.2 Å². The van der Waals surface area contributed by atoms with Crippen LogP contribution in [-0.4, -0.2) is 39.9 Å². The van der Waals surface area contributed by atoms with Gasteiger partial charge in [-0.3, -0.25) is 9.59 Å². The lowest BCUT2D eigenvalue weighted by molar-refractivity contribution is 0.0647. The van der Waals surface area contributed by atoms with Crippen LogP contribution in [0.5, 0.6) is 11.5 Å². The van der Waals surface area contributed by atoms with Crippen LogP contribution >= 0.6 is 0 Å². The van der Waals surface area contributed by atoms with E-state index in [2.05, 4.69) is 0 Å². The van der Waals surface area contributed by atoms with Gasteiger partial charge in [0.15, 0.2) is 5.78 Å². The first kappa shape index (κ1) is 17.0. The molecule has 1 fully saturated rings. The molecule has 2 aromatic carbocycles. The number of amides is 1. The zero-order valence-corrected chi connectivity index (χ0v) is 13.5. The van der Waals surface area contributed by atoms with Crippen LogP contribution in [0.4, 0.5) is 4.39 Å². The fraction of sp³-hybridized carbons (Fsp3) is 0.263. The fourth-order valence-corrected chi connectivity index (χ4v) is 3.07. The van der Waals surface area contributed by atoms with E-state index in [1.807, 2.05) is 0 Å². The number of hydrogen-bond donors (Lipinski definition) is 2. The van der Waals surface area contributed by atoms with Crippen LogP contribution < -0.4 is 0 Å². The van der Waals surface area contributed by atoms with E-state index in [-0.39, 0.29) is 40.5 Å². The van der Waals surface area contributed by atoms with Crippen LogP contribution in [0.1, 0.15) is 33.6 Å². The Morgan fingerprint density at radius 3 is 2.24 bits per heavy atom. The highest BCUT2D eigenvalue weighted by Crippen LogP contribution is 2.27. The van der Waals surface area contributed by atoms with E-state index in [4.69, 9.17) is 0 Å². The van der Waals surface area contributed by atoms with Gasteiger partial charge in [0.05, 0.1) is 5.56 Å².